The van der Waals surface area contributed by atoms with Gasteiger partial charge in [-0.3, -0.25) is 10.2 Å². The fraction of sp³-hybridized carbons (Fsp3) is 0.200. The molecular weight excluding hydrogens is 458 g/mol. The van der Waals surface area contributed by atoms with Gasteiger partial charge in [0.05, 0.1) is 18.8 Å². The quantitative estimate of drug-likeness (QED) is 0.673. The van der Waals surface area contributed by atoms with Crippen molar-refractivity contribution in [2.45, 2.75) is 9.99 Å². The lowest BCUT2D eigenvalue weighted by Crippen LogP contribution is -2.39. The molecule has 31 heavy (non-hydrogen) atoms. The highest BCUT2D eigenvalue weighted by atomic mass is 35.5. The number of rotatable bonds is 3. The zero-order chi connectivity index (χ0) is 21.4. The molecule has 4 heterocycles. The molecule has 0 bridgehead atoms. The number of aliphatic imine (C=N–C) groups is 1. The number of hydrogen-bond acceptors (Lipinski definition) is 8. The molecule has 0 radical (unpaired) electrons. The van der Waals surface area contributed by atoms with Crippen LogP contribution in [0.4, 0.5) is 0 Å². The minimum Gasteiger partial charge on any atom is -0.450 e. The minimum absolute atomic E-state index is 0.0194. The average molecular weight is 474 g/mol. The highest BCUT2D eigenvalue weighted by Crippen LogP contribution is 2.32. The van der Waals surface area contributed by atoms with Crippen molar-refractivity contribution in [1.29, 1.82) is 5.41 Å². The molecule has 1 aromatic carbocycles. The first-order valence-corrected chi connectivity index (χ1v) is 11.4. The first kappa shape index (κ1) is 20.4. The Hall–Kier alpha value is -2.53. The number of hydrogen-bond donors (Lipinski definition) is 1. The van der Waals surface area contributed by atoms with Crippen molar-refractivity contribution in [1.82, 2.24) is 9.91 Å². The summed E-state index contributed by atoms with van der Waals surface area (Å²) in [6.07, 6.45) is 1.53. The van der Waals surface area contributed by atoms with Gasteiger partial charge < -0.3 is 14.1 Å². The molecule has 1 amide bonds. The van der Waals surface area contributed by atoms with Crippen molar-refractivity contribution in [2.75, 3.05) is 26.3 Å². The molecule has 11 heteroatoms. The number of carbonyl (C=O) groups excluding carboxylic acids is 1. The number of nitrogens with zero attached hydrogens (tertiary/aromatic N) is 4. The molecule has 0 atom stereocenters. The normalized spacial score (nSPS) is 20.2. The number of carbonyl (C=O) groups is 1. The Morgan fingerprint density at radius 3 is 2.68 bits per heavy atom. The zero-order valence-electron chi connectivity index (χ0n) is 16.1. The Morgan fingerprint density at radius 1 is 1.13 bits per heavy atom. The molecule has 1 N–H and O–H groups in total. The van der Waals surface area contributed by atoms with Crippen molar-refractivity contribution >= 4 is 63.3 Å². The lowest BCUT2D eigenvalue weighted by Gasteiger charge is -2.26. The van der Waals surface area contributed by atoms with Gasteiger partial charge >= 0.3 is 0 Å². The highest BCUT2D eigenvalue weighted by molar-refractivity contribution is 8.26. The van der Waals surface area contributed by atoms with Crippen molar-refractivity contribution in [3.8, 4) is 0 Å². The third-order valence-corrected chi connectivity index (χ3v) is 6.80. The Kier molecular flexibility index (Phi) is 5.61. The topological polar surface area (TPSA) is 94.5 Å². The maximum atomic E-state index is 12.6. The van der Waals surface area contributed by atoms with Crippen LogP contribution >= 0.6 is 35.1 Å². The molecule has 3 aliphatic heterocycles. The van der Waals surface area contributed by atoms with Crippen molar-refractivity contribution in [2.24, 2.45) is 10.1 Å². The van der Waals surface area contributed by atoms with E-state index >= 15 is 0 Å². The molecule has 8 nitrogen and oxygen atoms in total. The average Bonchev–Trinajstić information content (AvgIpc) is 3.40. The third kappa shape index (κ3) is 4.29. The number of hydrazone groups is 1. The van der Waals surface area contributed by atoms with Crippen LogP contribution in [0.2, 0.25) is 5.02 Å². The predicted octanol–water partition coefficient (Wildman–Crippen LogP) is 3.99. The molecule has 1 aromatic heterocycles. The summed E-state index contributed by atoms with van der Waals surface area (Å²) in [5.74, 6) is -0.0352. The van der Waals surface area contributed by atoms with E-state index < -0.39 is 5.91 Å². The van der Waals surface area contributed by atoms with Crippen LogP contribution in [0.25, 0.3) is 6.08 Å². The van der Waals surface area contributed by atoms with Gasteiger partial charge in [0.15, 0.2) is 16.1 Å². The van der Waals surface area contributed by atoms with E-state index in [4.69, 9.17) is 26.2 Å². The van der Waals surface area contributed by atoms with Crippen LogP contribution < -0.4 is 0 Å². The monoisotopic (exact) mass is 473 g/mol. The van der Waals surface area contributed by atoms with Gasteiger partial charge in [0, 0.05) is 23.0 Å². The fourth-order valence-electron chi connectivity index (χ4n) is 3.09. The van der Waals surface area contributed by atoms with E-state index in [1.165, 1.54) is 34.6 Å². The number of benzene rings is 1. The third-order valence-electron chi connectivity index (χ3n) is 4.65. The number of nitrogens with one attached hydrogen (secondary N) is 1. The summed E-state index contributed by atoms with van der Waals surface area (Å²) in [6, 6.07) is 11.0. The van der Waals surface area contributed by atoms with E-state index in [0.717, 1.165) is 23.2 Å². The van der Waals surface area contributed by atoms with E-state index in [1.54, 1.807) is 6.07 Å². The maximum Gasteiger partial charge on any atom is 0.283 e. The summed E-state index contributed by atoms with van der Waals surface area (Å²) >= 11 is 8.65. The highest BCUT2D eigenvalue weighted by Gasteiger charge is 2.37. The van der Waals surface area contributed by atoms with Gasteiger partial charge in [-0.15, -0.1) is 5.10 Å². The van der Waals surface area contributed by atoms with E-state index in [1.807, 2.05) is 30.3 Å². The lowest BCUT2D eigenvalue weighted by molar-refractivity contribution is -0.114. The largest absolute Gasteiger partial charge is 0.450 e. The first-order valence-electron chi connectivity index (χ1n) is 9.43. The van der Waals surface area contributed by atoms with Crippen LogP contribution in [-0.2, 0) is 9.53 Å². The first-order chi connectivity index (χ1) is 15.1. The number of thioether (sulfide) groups is 1. The van der Waals surface area contributed by atoms with Crippen LogP contribution in [0.5, 0.6) is 0 Å². The zero-order valence-corrected chi connectivity index (χ0v) is 18.5. The van der Waals surface area contributed by atoms with Crippen LogP contribution in [0.1, 0.15) is 5.76 Å². The van der Waals surface area contributed by atoms with E-state index in [-0.39, 0.29) is 11.4 Å². The molecule has 158 valence electrons. The van der Waals surface area contributed by atoms with Crippen LogP contribution in [0.15, 0.2) is 66.5 Å². The number of halogens is 1. The number of amides is 1. The molecule has 0 saturated carbocycles. The van der Waals surface area contributed by atoms with Gasteiger partial charge in [0.1, 0.15) is 5.76 Å². The van der Waals surface area contributed by atoms with Gasteiger partial charge in [-0.2, -0.15) is 10.0 Å². The van der Waals surface area contributed by atoms with Gasteiger partial charge in [-0.25, -0.2) is 0 Å². The van der Waals surface area contributed by atoms with Crippen LogP contribution in [0, 0.1) is 5.41 Å². The van der Waals surface area contributed by atoms with Gasteiger partial charge in [-0.1, -0.05) is 23.4 Å². The Balaban J connectivity index is 1.34. The van der Waals surface area contributed by atoms with Crippen LogP contribution in [0.3, 0.4) is 0 Å². The number of fused-ring (bicyclic) bond motifs is 1. The molecule has 0 unspecified atom stereocenters. The number of furan rings is 1. The minimum atomic E-state index is -0.481. The van der Waals surface area contributed by atoms with Gasteiger partial charge in [-0.05, 0) is 54.2 Å². The molecule has 0 spiro atoms. The second-order valence-electron chi connectivity index (χ2n) is 6.71. The second kappa shape index (κ2) is 8.54. The summed E-state index contributed by atoms with van der Waals surface area (Å²) in [4.78, 5) is 19.8. The van der Waals surface area contributed by atoms with Crippen molar-refractivity contribution in [3.63, 3.8) is 0 Å². The second-order valence-corrected chi connectivity index (χ2v) is 9.16. The summed E-state index contributed by atoms with van der Waals surface area (Å²) in [7, 11) is 0. The predicted molar refractivity (Wildman–Crippen MR) is 122 cm³/mol. The summed E-state index contributed by atoms with van der Waals surface area (Å²) < 4.78 is 11.2. The van der Waals surface area contributed by atoms with E-state index in [2.05, 4.69) is 15.0 Å². The molecule has 3 aliphatic rings. The number of morpholine rings is 1. The Bertz CT molecular complexity index is 1140. The fourth-order valence-corrected chi connectivity index (χ4v) is 4.94. The number of ether oxygens (including phenoxy) is 1. The summed E-state index contributed by atoms with van der Waals surface area (Å²) in [5, 5.41) is 16.8. The summed E-state index contributed by atoms with van der Waals surface area (Å²) in [5.41, 5.74) is 0.133. The Labute approximate surface area is 191 Å². The van der Waals surface area contributed by atoms with E-state index in [0.29, 0.717) is 34.3 Å². The SMILES string of the molecule is N=C1/C(=C\c2ccc(Sc3ccc(Cl)cc3)o2)C(=O)N=C2SC(N3CCOCC3)=NN12. The molecule has 2 aromatic rings. The molecular formula is C20H16ClN5O3S2. The van der Waals surface area contributed by atoms with Crippen molar-refractivity contribution in [3.05, 3.63) is 52.8 Å². The Morgan fingerprint density at radius 2 is 1.90 bits per heavy atom. The molecule has 0 aliphatic carbocycles. The summed E-state index contributed by atoms with van der Waals surface area (Å²) in [6.45, 7) is 2.69. The van der Waals surface area contributed by atoms with Gasteiger partial charge in [0.25, 0.3) is 5.91 Å². The van der Waals surface area contributed by atoms with Gasteiger partial charge in [0.2, 0.25) is 5.17 Å². The number of amidine groups is 3. The van der Waals surface area contributed by atoms with Crippen molar-refractivity contribution < 1.29 is 13.9 Å². The smallest absolute Gasteiger partial charge is 0.283 e. The lowest BCUT2D eigenvalue weighted by atomic mass is 10.1. The molecule has 1 saturated heterocycles. The van der Waals surface area contributed by atoms with Crippen LogP contribution in [-0.4, -0.2) is 58.3 Å². The molecule has 5 rings (SSSR count). The maximum absolute atomic E-state index is 12.6. The van der Waals surface area contributed by atoms with E-state index in [9.17, 15) is 4.79 Å². The standard InChI is InChI=1S/C20H16ClN5O3S2/c21-12-1-4-14(5-2-12)30-16-6-3-13(29-16)11-15-17(22)26-19(23-18(15)27)31-20(24-26)25-7-9-28-10-8-25/h1-6,11,22H,7-10H2/b15-11+,22-17?. The molecule has 1 fully saturated rings.